The van der Waals surface area contributed by atoms with Crippen molar-refractivity contribution < 1.29 is 26.7 Å². The van der Waals surface area contributed by atoms with E-state index >= 15 is 0 Å². The van der Waals surface area contributed by atoms with Gasteiger partial charge in [0.2, 0.25) is 0 Å². The summed E-state index contributed by atoms with van der Waals surface area (Å²) in [5.74, 6) is -9.04. The van der Waals surface area contributed by atoms with E-state index in [9.17, 15) is 26.7 Å². The molecule has 0 bridgehead atoms. The van der Waals surface area contributed by atoms with Gasteiger partial charge in [-0.15, -0.1) is 0 Å². The van der Waals surface area contributed by atoms with Crippen LogP contribution in [0, 0.1) is 36.0 Å². The molecule has 0 aliphatic rings. The van der Waals surface area contributed by atoms with E-state index in [2.05, 4.69) is 0 Å². The van der Waals surface area contributed by atoms with Crippen LogP contribution in [0.3, 0.4) is 0 Å². The van der Waals surface area contributed by atoms with E-state index < -0.39 is 46.2 Å². The highest BCUT2D eigenvalue weighted by Crippen LogP contribution is 2.25. The van der Waals surface area contributed by atoms with E-state index in [0.717, 1.165) is 12.1 Å². The summed E-state index contributed by atoms with van der Waals surface area (Å²) < 4.78 is 66.3. The maximum Gasteiger partial charge on any atom is 0.258 e. The molecule has 0 unspecified atom stereocenters. The predicted molar refractivity (Wildman–Crippen MR) is 65.4 cm³/mol. The summed E-state index contributed by atoms with van der Waals surface area (Å²) in [5, 5.41) is 1.63. The summed E-state index contributed by atoms with van der Waals surface area (Å²) in [7, 11) is 0. The van der Waals surface area contributed by atoms with Crippen molar-refractivity contribution in [1.29, 1.82) is 0 Å². The zero-order valence-corrected chi connectivity index (χ0v) is 10.6. The summed E-state index contributed by atoms with van der Waals surface area (Å²) in [4.78, 5) is 11.7. The second kappa shape index (κ2) is 5.51. The van der Waals surface area contributed by atoms with E-state index in [1.54, 1.807) is 12.2 Å². The number of nitrogens with one attached hydrogen (secondary N) is 1. The van der Waals surface area contributed by atoms with Crippen LogP contribution in [-0.4, -0.2) is 5.91 Å². The number of carbonyl (C=O) groups excluding carboxylic acids is 1. The monoisotopic (exact) mass is 301 g/mol. The largest absolute Gasteiger partial charge is 0.317 e. The van der Waals surface area contributed by atoms with Gasteiger partial charge in [-0.25, -0.2) is 22.0 Å². The minimum Gasteiger partial charge on any atom is -0.317 e. The molecule has 0 heterocycles. The molecular weight excluding hydrogens is 293 g/mol. The van der Waals surface area contributed by atoms with Gasteiger partial charge in [0.25, 0.3) is 5.91 Å². The maximum atomic E-state index is 13.6. The van der Waals surface area contributed by atoms with Crippen LogP contribution in [0.15, 0.2) is 24.3 Å². The molecule has 1 N–H and O–H groups in total. The highest BCUT2D eigenvalue weighted by molar-refractivity contribution is 6.04. The lowest BCUT2D eigenvalue weighted by Crippen LogP contribution is -2.17. The molecule has 2 aromatic carbocycles. The minimum atomic E-state index is -1.77. The molecule has 110 valence electrons. The standard InChI is InChI=1S/C14H8F5NO/c1-6-2-3-7(8(15)4-6)14(21)20-13-11(18)9(16)5-10(17)12(13)19/h2-5H,1H3,(H,20,21). The Labute approximate surface area is 116 Å². The SMILES string of the molecule is Cc1ccc(C(=O)Nc2c(F)c(F)cc(F)c2F)c(F)c1. The molecule has 0 saturated carbocycles. The second-order valence-corrected chi connectivity index (χ2v) is 4.28. The topological polar surface area (TPSA) is 29.1 Å². The zero-order valence-electron chi connectivity index (χ0n) is 10.6. The zero-order chi connectivity index (χ0) is 15.7. The fourth-order valence-corrected chi connectivity index (χ4v) is 1.67. The Bertz CT molecular complexity index is 704. The number of aryl methyl sites for hydroxylation is 1. The van der Waals surface area contributed by atoms with E-state index in [-0.39, 0.29) is 6.07 Å². The van der Waals surface area contributed by atoms with Crippen LogP contribution in [0.2, 0.25) is 0 Å². The van der Waals surface area contributed by atoms with E-state index in [1.165, 1.54) is 6.07 Å². The molecule has 0 aliphatic heterocycles. The Morgan fingerprint density at radius 3 is 2.00 bits per heavy atom. The quantitative estimate of drug-likeness (QED) is 0.660. The van der Waals surface area contributed by atoms with E-state index in [4.69, 9.17) is 0 Å². The molecule has 0 aliphatic carbocycles. The molecule has 7 heteroatoms. The summed E-state index contributed by atoms with van der Waals surface area (Å²) >= 11 is 0. The van der Waals surface area contributed by atoms with Crippen molar-refractivity contribution in [3.05, 3.63) is 64.5 Å². The Balaban J connectivity index is 2.41. The fraction of sp³-hybridized carbons (Fsp3) is 0.0714. The van der Waals surface area contributed by atoms with Gasteiger partial charge in [0.05, 0.1) is 5.56 Å². The van der Waals surface area contributed by atoms with Gasteiger partial charge < -0.3 is 5.32 Å². The first-order chi connectivity index (χ1) is 9.81. The first kappa shape index (κ1) is 15.0. The number of anilines is 1. The first-order valence-electron chi connectivity index (χ1n) is 5.71. The van der Waals surface area contributed by atoms with Crippen molar-refractivity contribution in [2.45, 2.75) is 6.92 Å². The Kier molecular flexibility index (Phi) is 3.93. The van der Waals surface area contributed by atoms with Crippen LogP contribution in [0.1, 0.15) is 15.9 Å². The van der Waals surface area contributed by atoms with Gasteiger partial charge in [-0.05, 0) is 24.6 Å². The number of halogens is 5. The van der Waals surface area contributed by atoms with Gasteiger partial charge in [-0.3, -0.25) is 4.79 Å². The van der Waals surface area contributed by atoms with Gasteiger partial charge in [0.1, 0.15) is 11.5 Å². The van der Waals surface area contributed by atoms with E-state index in [0.29, 0.717) is 5.56 Å². The van der Waals surface area contributed by atoms with Crippen LogP contribution in [0.25, 0.3) is 0 Å². The van der Waals surface area contributed by atoms with E-state index in [1.807, 2.05) is 0 Å². The van der Waals surface area contributed by atoms with Crippen LogP contribution in [0.5, 0.6) is 0 Å². The predicted octanol–water partition coefficient (Wildman–Crippen LogP) is 3.94. The first-order valence-corrected chi connectivity index (χ1v) is 5.71. The molecule has 0 saturated heterocycles. The minimum absolute atomic E-state index is 0.00673. The molecule has 2 nitrogen and oxygen atoms in total. The Morgan fingerprint density at radius 1 is 0.905 bits per heavy atom. The Morgan fingerprint density at radius 2 is 1.48 bits per heavy atom. The summed E-state index contributed by atoms with van der Waals surface area (Å²) in [5.41, 5.74) is -1.29. The van der Waals surface area contributed by atoms with Crippen molar-refractivity contribution in [2.24, 2.45) is 0 Å². The number of hydrogen-bond donors (Lipinski definition) is 1. The normalized spacial score (nSPS) is 10.6. The summed E-state index contributed by atoms with van der Waals surface area (Å²) in [6, 6.07) is 3.53. The number of benzene rings is 2. The molecule has 0 radical (unpaired) electrons. The highest BCUT2D eigenvalue weighted by Gasteiger charge is 2.22. The number of amides is 1. The molecule has 2 aromatic rings. The third-order valence-electron chi connectivity index (χ3n) is 2.72. The van der Waals surface area contributed by atoms with Gasteiger partial charge in [0, 0.05) is 6.07 Å². The van der Waals surface area contributed by atoms with Crippen LogP contribution < -0.4 is 5.32 Å². The van der Waals surface area contributed by atoms with Crippen LogP contribution >= 0.6 is 0 Å². The fourth-order valence-electron chi connectivity index (χ4n) is 1.67. The average molecular weight is 301 g/mol. The third kappa shape index (κ3) is 2.86. The van der Waals surface area contributed by atoms with Gasteiger partial charge in [0.15, 0.2) is 23.3 Å². The van der Waals surface area contributed by atoms with Gasteiger partial charge >= 0.3 is 0 Å². The maximum absolute atomic E-state index is 13.6. The molecule has 0 aromatic heterocycles. The molecule has 2 rings (SSSR count). The molecule has 21 heavy (non-hydrogen) atoms. The summed E-state index contributed by atoms with van der Waals surface area (Å²) in [6.07, 6.45) is 0. The second-order valence-electron chi connectivity index (χ2n) is 4.28. The third-order valence-corrected chi connectivity index (χ3v) is 2.72. The number of hydrogen-bond acceptors (Lipinski definition) is 1. The van der Waals surface area contributed by atoms with Gasteiger partial charge in [-0.2, -0.15) is 0 Å². The van der Waals surface area contributed by atoms with Crippen molar-refractivity contribution in [3.8, 4) is 0 Å². The highest BCUT2D eigenvalue weighted by atomic mass is 19.2. The van der Waals surface area contributed by atoms with Crippen molar-refractivity contribution in [2.75, 3.05) is 5.32 Å². The lowest BCUT2D eigenvalue weighted by Gasteiger charge is -2.09. The lowest BCUT2D eigenvalue weighted by atomic mass is 10.1. The van der Waals surface area contributed by atoms with Gasteiger partial charge in [-0.1, -0.05) is 6.07 Å². The number of rotatable bonds is 2. The van der Waals surface area contributed by atoms with Crippen molar-refractivity contribution in [3.63, 3.8) is 0 Å². The van der Waals surface area contributed by atoms with Crippen molar-refractivity contribution in [1.82, 2.24) is 0 Å². The molecule has 0 atom stereocenters. The molecule has 0 spiro atoms. The molecule has 0 fully saturated rings. The van der Waals surface area contributed by atoms with Crippen LogP contribution in [0.4, 0.5) is 27.6 Å². The van der Waals surface area contributed by atoms with Crippen molar-refractivity contribution >= 4 is 11.6 Å². The smallest absolute Gasteiger partial charge is 0.258 e. The number of carbonyl (C=O) groups is 1. The average Bonchev–Trinajstić information content (AvgIpc) is 2.41. The lowest BCUT2D eigenvalue weighted by molar-refractivity contribution is 0.102. The molecular formula is C14H8F5NO. The van der Waals surface area contributed by atoms with Crippen LogP contribution in [-0.2, 0) is 0 Å². The Hall–Kier alpha value is -2.44. The summed E-state index contributed by atoms with van der Waals surface area (Å²) in [6.45, 7) is 1.58. The molecule has 1 amide bonds.